The minimum atomic E-state index is 0.121. The van der Waals surface area contributed by atoms with Crippen LogP contribution in [0.3, 0.4) is 0 Å². The van der Waals surface area contributed by atoms with Crippen molar-refractivity contribution in [3.05, 3.63) is 0 Å². The number of nitrogens with one attached hydrogen (secondary N) is 1. The Bertz CT molecular complexity index is 275. The topological polar surface area (TPSA) is 41.6 Å². The van der Waals surface area contributed by atoms with Crippen LogP contribution in [0.1, 0.15) is 32.6 Å². The number of carbonyl (C=O) groups excluding carboxylic acids is 1. The third-order valence-corrected chi connectivity index (χ3v) is 4.35. The van der Waals surface area contributed by atoms with Crippen molar-refractivity contribution in [3.63, 3.8) is 0 Å². The molecule has 0 aromatic carbocycles. The summed E-state index contributed by atoms with van der Waals surface area (Å²) in [6.07, 6.45) is 4.29. The van der Waals surface area contributed by atoms with E-state index < -0.39 is 0 Å². The van der Waals surface area contributed by atoms with Gasteiger partial charge < -0.3 is 15.0 Å². The van der Waals surface area contributed by atoms with Gasteiger partial charge in [-0.25, -0.2) is 0 Å². The molecule has 0 radical (unpaired) electrons. The lowest BCUT2D eigenvalue weighted by Crippen LogP contribution is -2.44. The van der Waals surface area contributed by atoms with Crippen molar-refractivity contribution in [2.24, 2.45) is 11.8 Å². The van der Waals surface area contributed by atoms with E-state index in [1.807, 2.05) is 7.05 Å². The molecule has 0 saturated carbocycles. The van der Waals surface area contributed by atoms with Crippen molar-refractivity contribution in [3.8, 4) is 0 Å². The lowest BCUT2D eigenvalue weighted by atomic mass is 9.93. The number of carbonyl (C=O) groups is 1. The Balaban J connectivity index is 1.83. The van der Waals surface area contributed by atoms with Crippen molar-refractivity contribution < 1.29 is 9.53 Å². The number of nitrogens with zero attached hydrogens (tertiary/aromatic N) is 1. The van der Waals surface area contributed by atoms with Crippen molar-refractivity contribution in [2.75, 3.05) is 33.3 Å². The van der Waals surface area contributed by atoms with Crippen molar-refractivity contribution in [2.45, 2.75) is 38.7 Å². The zero-order chi connectivity index (χ0) is 13.0. The smallest absolute Gasteiger partial charge is 0.228 e. The van der Waals surface area contributed by atoms with Crippen LogP contribution in [-0.2, 0) is 9.53 Å². The second-order valence-electron chi connectivity index (χ2n) is 5.54. The molecule has 0 spiro atoms. The Morgan fingerprint density at radius 1 is 1.33 bits per heavy atom. The molecule has 2 saturated heterocycles. The molecule has 104 valence electrons. The SMILES string of the molecule is CCC1OCCC1C(=O)N1CCC(CNC)CC1. The number of hydrogen-bond acceptors (Lipinski definition) is 3. The molecule has 2 aliphatic heterocycles. The second-order valence-corrected chi connectivity index (χ2v) is 5.54. The van der Waals surface area contributed by atoms with Crippen LogP contribution in [0.25, 0.3) is 0 Å². The summed E-state index contributed by atoms with van der Waals surface area (Å²) in [6.45, 7) is 5.79. The van der Waals surface area contributed by atoms with E-state index in [-0.39, 0.29) is 12.0 Å². The molecule has 0 aromatic rings. The third kappa shape index (κ3) is 3.04. The van der Waals surface area contributed by atoms with Gasteiger partial charge in [-0.2, -0.15) is 0 Å². The van der Waals surface area contributed by atoms with E-state index in [4.69, 9.17) is 4.74 Å². The molecule has 0 aliphatic carbocycles. The third-order valence-electron chi connectivity index (χ3n) is 4.35. The van der Waals surface area contributed by atoms with Crippen LogP contribution < -0.4 is 5.32 Å². The molecule has 0 bridgehead atoms. The summed E-state index contributed by atoms with van der Waals surface area (Å²) in [5.74, 6) is 1.19. The lowest BCUT2D eigenvalue weighted by Gasteiger charge is -2.34. The van der Waals surface area contributed by atoms with Crippen molar-refractivity contribution >= 4 is 5.91 Å². The highest BCUT2D eigenvalue weighted by Gasteiger charge is 2.36. The van der Waals surface area contributed by atoms with Gasteiger partial charge in [0.25, 0.3) is 0 Å². The highest BCUT2D eigenvalue weighted by atomic mass is 16.5. The van der Waals surface area contributed by atoms with Gasteiger partial charge >= 0.3 is 0 Å². The fourth-order valence-electron chi connectivity index (χ4n) is 3.21. The van der Waals surface area contributed by atoms with E-state index in [0.29, 0.717) is 5.91 Å². The summed E-state index contributed by atoms with van der Waals surface area (Å²) in [4.78, 5) is 14.5. The van der Waals surface area contributed by atoms with Gasteiger partial charge in [0, 0.05) is 19.7 Å². The van der Waals surface area contributed by atoms with E-state index in [1.54, 1.807) is 0 Å². The van der Waals surface area contributed by atoms with Gasteiger partial charge in [-0.3, -0.25) is 4.79 Å². The molecule has 4 heteroatoms. The van der Waals surface area contributed by atoms with E-state index >= 15 is 0 Å². The molecular weight excluding hydrogens is 228 g/mol. The molecule has 1 N–H and O–H groups in total. The van der Waals surface area contributed by atoms with Crippen LogP contribution in [0.5, 0.6) is 0 Å². The molecule has 1 amide bonds. The summed E-state index contributed by atoms with van der Waals surface area (Å²) in [7, 11) is 2.00. The summed E-state index contributed by atoms with van der Waals surface area (Å²) >= 11 is 0. The van der Waals surface area contributed by atoms with Gasteiger partial charge in [-0.1, -0.05) is 6.92 Å². The first kappa shape index (κ1) is 13.8. The summed E-state index contributed by atoms with van der Waals surface area (Å²) in [5.41, 5.74) is 0. The number of ether oxygens (including phenoxy) is 1. The Kier molecular flexibility index (Phi) is 5.01. The van der Waals surface area contributed by atoms with E-state index in [1.165, 1.54) is 0 Å². The molecular formula is C14H26N2O2. The molecule has 2 fully saturated rings. The molecule has 2 atom stereocenters. The fraction of sp³-hybridized carbons (Fsp3) is 0.929. The van der Waals surface area contributed by atoms with Crippen molar-refractivity contribution in [1.82, 2.24) is 10.2 Å². The van der Waals surface area contributed by atoms with Crippen LogP contribution in [0.4, 0.5) is 0 Å². The highest BCUT2D eigenvalue weighted by molar-refractivity contribution is 5.79. The monoisotopic (exact) mass is 254 g/mol. The average molecular weight is 254 g/mol. The highest BCUT2D eigenvalue weighted by Crippen LogP contribution is 2.27. The number of likely N-dealkylation sites (tertiary alicyclic amines) is 1. The van der Waals surface area contributed by atoms with Crippen molar-refractivity contribution in [1.29, 1.82) is 0 Å². The quantitative estimate of drug-likeness (QED) is 0.821. The number of rotatable bonds is 4. The molecule has 2 rings (SSSR count). The van der Waals surface area contributed by atoms with Gasteiger partial charge in [-0.15, -0.1) is 0 Å². The maximum atomic E-state index is 12.5. The van der Waals surface area contributed by atoms with Crippen LogP contribution in [-0.4, -0.2) is 50.2 Å². The molecule has 2 aliphatic rings. The molecule has 18 heavy (non-hydrogen) atoms. The Morgan fingerprint density at radius 3 is 2.67 bits per heavy atom. The first-order chi connectivity index (χ1) is 8.76. The molecule has 4 nitrogen and oxygen atoms in total. The van der Waals surface area contributed by atoms with Crippen LogP contribution >= 0.6 is 0 Å². The number of piperidine rings is 1. The Morgan fingerprint density at radius 2 is 2.06 bits per heavy atom. The van der Waals surface area contributed by atoms with Crippen LogP contribution in [0.2, 0.25) is 0 Å². The van der Waals surface area contributed by atoms with Crippen LogP contribution in [0, 0.1) is 11.8 Å². The predicted molar refractivity (Wildman–Crippen MR) is 71.4 cm³/mol. The van der Waals surface area contributed by atoms with Crippen LogP contribution in [0.15, 0.2) is 0 Å². The maximum absolute atomic E-state index is 12.5. The maximum Gasteiger partial charge on any atom is 0.228 e. The van der Waals surface area contributed by atoms with Gasteiger partial charge in [0.15, 0.2) is 0 Å². The molecule has 2 heterocycles. The summed E-state index contributed by atoms with van der Waals surface area (Å²) in [5, 5.41) is 3.23. The van der Waals surface area contributed by atoms with E-state index in [2.05, 4.69) is 17.1 Å². The zero-order valence-electron chi connectivity index (χ0n) is 11.7. The first-order valence-corrected chi connectivity index (χ1v) is 7.31. The summed E-state index contributed by atoms with van der Waals surface area (Å²) < 4.78 is 5.63. The van der Waals surface area contributed by atoms with Gasteiger partial charge in [0.1, 0.15) is 0 Å². The fourth-order valence-corrected chi connectivity index (χ4v) is 3.21. The average Bonchev–Trinajstić information content (AvgIpc) is 2.87. The number of hydrogen-bond donors (Lipinski definition) is 1. The van der Waals surface area contributed by atoms with E-state index in [0.717, 1.165) is 57.8 Å². The standard InChI is InChI=1S/C14H26N2O2/c1-3-13-12(6-9-18-13)14(17)16-7-4-11(5-8-16)10-15-2/h11-13,15H,3-10H2,1-2H3. The van der Waals surface area contributed by atoms with Gasteiger partial charge in [0.2, 0.25) is 5.91 Å². The molecule has 0 aromatic heterocycles. The predicted octanol–water partition coefficient (Wildman–Crippen LogP) is 1.26. The number of amides is 1. The zero-order valence-corrected chi connectivity index (χ0v) is 11.7. The molecule has 2 unspecified atom stereocenters. The Hall–Kier alpha value is -0.610. The van der Waals surface area contributed by atoms with Gasteiger partial charge in [-0.05, 0) is 45.2 Å². The van der Waals surface area contributed by atoms with Gasteiger partial charge in [0.05, 0.1) is 12.0 Å². The second kappa shape index (κ2) is 6.53. The lowest BCUT2D eigenvalue weighted by molar-refractivity contribution is -0.138. The minimum absolute atomic E-state index is 0.121. The first-order valence-electron chi connectivity index (χ1n) is 7.31. The minimum Gasteiger partial charge on any atom is -0.377 e. The largest absolute Gasteiger partial charge is 0.377 e. The van der Waals surface area contributed by atoms with E-state index in [9.17, 15) is 4.79 Å². The normalized spacial score (nSPS) is 29.8. The summed E-state index contributed by atoms with van der Waals surface area (Å²) in [6, 6.07) is 0. The Labute approximate surface area is 110 Å².